The van der Waals surface area contributed by atoms with Crippen molar-refractivity contribution in [2.75, 3.05) is 27.4 Å². The second kappa shape index (κ2) is 13.0. The van der Waals surface area contributed by atoms with Gasteiger partial charge in [-0.05, 0) is 30.5 Å². The van der Waals surface area contributed by atoms with Crippen LogP contribution in [0.1, 0.15) is 38.3 Å². The molecule has 0 unspecified atom stereocenters. The van der Waals surface area contributed by atoms with Crippen LogP contribution in [0, 0.1) is 5.92 Å². The van der Waals surface area contributed by atoms with Crippen molar-refractivity contribution in [2.24, 2.45) is 26.5 Å². The van der Waals surface area contributed by atoms with E-state index in [0.717, 1.165) is 17.5 Å². The maximum absolute atomic E-state index is 5.60. The van der Waals surface area contributed by atoms with E-state index in [0.29, 0.717) is 36.3 Å². The molecule has 0 bridgehead atoms. The monoisotopic (exact) mass is 430 g/mol. The number of benzene rings is 1. The molecular formula is C22H30N4O5. The number of hydrogen-bond acceptors (Lipinski definition) is 9. The first kappa shape index (κ1) is 23.9. The molecule has 0 amide bonds. The number of allylic oxidation sites excluding steroid dienone is 2. The molecule has 1 heterocycles. The van der Waals surface area contributed by atoms with Crippen molar-refractivity contribution in [3.63, 3.8) is 0 Å². The lowest BCUT2D eigenvalue weighted by molar-refractivity contribution is 0.0672. The van der Waals surface area contributed by atoms with Crippen molar-refractivity contribution in [2.45, 2.75) is 33.8 Å². The summed E-state index contributed by atoms with van der Waals surface area (Å²) in [6.45, 7) is 7.07. The van der Waals surface area contributed by atoms with Gasteiger partial charge in [-0.15, -0.1) is 0 Å². The van der Waals surface area contributed by atoms with Gasteiger partial charge in [0.25, 0.3) is 5.90 Å². The molecule has 0 spiro atoms. The smallest absolute Gasteiger partial charge is 0.280 e. The van der Waals surface area contributed by atoms with E-state index in [4.69, 9.17) is 24.1 Å². The van der Waals surface area contributed by atoms with Gasteiger partial charge in [-0.3, -0.25) is 0 Å². The fourth-order valence-electron chi connectivity index (χ4n) is 2.60. The zero-order chi connectivity index (χ0) is 22.5. The molecule has 0 N–H and O–H groups in total. The first-order valence-electron chi connectivity index (χ1n) is 10.0. The molecular weight excluding hydrogens is 400 g/mol. The molecule has 1 aromatic carbocycles. The van der Waals surface area contributed by atoms with Gasteiger partial charge in [0, 0.05) is 11.1 Å². The summed E-state index contributed by atoms with van der Waals surface area (Å²) in [5.41, 5.74) is 3.18. The van der Waals surface area contributed by atoms with E-state index in [1.807, 2.05) is 43.3 Å². The third kappa shape index (κ3) is 7.76. The number of hydrogen-bond donors (Lipinski definition) is 0. The molecule has 168 valence electrons. The van der Waals surface area contributed by atoms with Crippen LogP contribution in [-0.4, -0.2) is 50.5 Å². The van der Waals surface area contributed by atoms with Gasteiger partial charge >= 0.3 is 0 Å². The second-order valence-electron chi connectivity index (χ2n) is 7.00. The van der Waals surface area contributed by atoms with E-state index in [2.05, 4.69) is 34.5 Å². The second-order valence-corrected chi connectivity index (χ2v) is 7.00. The summed E-state index contributed by atoms with van der Waals surface area (Å²) < 4.78 is 5.57. The fourth-order valence-corrected chi connectivity index (χ4v) is 2.60. The highest BCUT2D eigenvalue weighted by molar-refractivity contribution is 6.46. The Morgan fingerprint density at radius 1 is 1.13 bits per heavy atom. The molecule has 0 aliphatic carbocycles. The van der Waals surface area contributed by atoms with Crippen molar-refractivity contribution in [3.8, 4) is 0 Å². The summed E-state index contributed by atoms with van der Waals surface area (Å²) in [5.74, 6) is 0.807. The molecule has 0 fully saturated rings. The Morgan fingerprint density at radius 2 is 1.90 bits per heavy atom. The quantitative estimate of drug-likeness (QED) is 0.392. The van der Waals surface area contributed by atoms with E-state index < -0.39 is 0 Å². The van der Waals surface area contributed by atoms with Crippen LogP contribution in [0.4, 0.5) is 0 Å². The predicted molar refractivity (Wildman–Crippen MR) is 120 cm³/mol. The van der Waals surface area contributed by atoms with Crippen LogP contribution in [0.5, 0.6) is 0 Å². The summed E-state index contributed by atoms with van der Waals surface area (Å²) >= 11 is 0. The Morgan fingerprint density at radius 3 is 2.58 bits per heavy atom. The first-order chi connectivity index (χ1) is 15.1. The highest BCUT2D eigenvalue weighted by atomic mass is 16.7. The normalized spacial score (nSPS) is 15.4. The van der Waals surface area contributed by atoms with Crippen molar-refractivity contribution >= 4 is 23.0 Å². The van der Waals surface area contributed by atoms with Gasteiger partial charge < -0.3 is 24.1 Å². The van der Waals surface area contributed by atoms with Crippen molar-refractivity contribution in [3.05, 3.63) is 47.5 Å². The van der Waals surface area contributed by atoms with Gasteiger partial charge in [0.2, 0.25) is 0 Å². The molecule has 1 aliphatic heterocycles. The van der Waals surface area contributed by atoms with Crippen LogP contribution in [0.3, 0.4) is 0 Å². The predicted octanol–water partition coefficient (Wildman–Crippen LogP) is 3.89. The van der Waals surface area contributed by atoms with Gasteiger partial charge in [0.15, 0.2) is 12.3 Å². The highest BCUT2D eigenvalue weighted by Crippen LogP contribution is 2.15. The van der Waals surface area contributed by atoms with Crippen LogP contribution in [-0.2, 0) is 30.7 Å². The lowest BCUT2D eigenvalue weighted by Gasteiger charge is -2.16. The van der Waals surface area contributed by atoms with Crippen LogP contribution < -0.4 is 0 Å². The zero-order valence-electron chi connectivity index (χ0n) is 18.7. The van der Waals surface area contributed by atoms with E-state index in [9.17, 15) is 0 Å². The van der Waals surface area contributed by atoms with Crippen LogP contribution in [0.25, 0.3) is 0 Å². The largest absolute Gasteiger partial charge is 0.470 e. The minimum Gasteiger partial charge on any atom is -0.470 e. The Labute approximate surface area is 183 Å². The molecule has 0 radical (unpaired) electrons. The fraction of sp³-hybridized carbons (Fsp3) is 0.455. The van der Waals surface area contributed by atoms with Crippen molar-refractivity contribution in [1.29, 1.82) is 0 Å². The Hall–Kier alpha value is -3.36. The van der Waals surface area contributed by atoms with E-state index in [1.165, 1.54) is 14.2 Å². The summed E-state index contributed by atoms with van der Waals surface area (Å²) in [4.78, 5) is 20.6. The van der Waals surface area contributed by atoms with Gasteiger partial charge in [0.1, 0.15) is 38.9 Å². The highest BCUT2D eigenvalue weighted by Gasteiger charge is 2.21. The summed E-state index contributed by atoms with van der Waals surface area (Å²) in [5, 5.41) is 16.2. The molecule has 0 saturated heterocycles. The lowest BCUT2D eigenvalue weighted by atomic mass is 10.0. The maximum atomic E-state index is 5.60. The molecule has 2 rings (SSSR count). The molecule has 31 heavy (non-hydrogen) atoms. The Bertz CT molecular complexity index is 859. The number of ether oxygens (including phenoxy) is 1. The average molecular weight is 431 g/mol. The standard InChI is InChI=1S/C22H30N4O5/c1-16(2)9-8-12-20(24-27-4)17(3)23-31-15-18-10-6-7-11-19(18)21(25-28-5)22-26-30-14-13-29-22/h6-8,10-12,16H,9,13-15H2,1-5H3/b12-8-,23-17+,24-20+,25-21+. The minimum absolute atomic E-state index is 0.195. The minimum atomic E-state index is 0.195. The molecule has 0 saturated carbocycles. The maximum Gasteiger partial charge on any atom is 0.280 e. The first-order valence-corrected chi connectivity index (χ1v) is 10.0. The van der Waals surface area contributed by atoms with Crippen molar-refractivity contribution < 1.29 is 24.1 Å². The molecule has 1 aromatic rings. The topological polar surface area (TPSA) is 95.6 Å². The third-order valence-corrected chi connectivity index (χ3v) is 4.08. The number of oxime groups is 4. The van der Waals surface area contributed by atoms with E-state index >= 15 is 0 Å². The van der Waals surface area contributed by atoms with Crippen LogP contribution in [0.15, 0.2) is 57.0 Å². The zero-order valence-corrected chi connectivity index (χ0v) is 18.7. The Balaban J connectivity index is 2.16. The van der Waals surface area contributed by atoms with Gasteiger partial charge in [0.05, 0.1) is 0 Å². The van der Waals surface area contributed by atoms with Crippen molar-refractivity contribution in [1.82, 2.24) is 0 Å². The lowest BCUT2D eigenvalue weighted by Crippen LogP contribution is -2.26. The van der Waals surface area contributed by atoms with Crippen LogP contribution >= 0.6 is 0 Å². The molecule has 9 heteroatoms. The SMILES string of the molecule is CO/N=C(\C=C/CC(C)C)C(/C)=N/OCc1ccccc1/C(=N\OC)C1=NOCCO1. The van der Waals surface area contributed by atoms with Gasteiger partial charge in [-0.1, -0.05) is 59.7 Å². The molecule has 9 nitrogen and oxygen atoms in total. The van der Waals surface area contributed by atoms with Crippen LogP contribution in [0.2, 0.25) is 0 Å². The average Bonchev–Trinajstić information content (AvgIpc) is 2.77. The molecule has 1 aliphatic rings. The summed E-state index contributed by atoms with van der Waals surface area (Å²) in [7, 11) is 2.96. The Kier molecular flexibility index (Phi) is 10.1. The van der Waals surface area contributed by atoms with Gasteiger partial charge in [-0.25, -0.2) is 0 Å². The van der Waals surface area contributed by atoms with Gasteiger partial charge in [-0.2, -0.15) is 0 Å². The summed E-state index contributed by atoms with van der Waals surface area (Å²) in [6.07, 6.45) is 4.85. The summed E-state index contributed by atoms with van der Waals surface area (Å²) in [6, 6.07) is 7.56. The van der Waals surface area contributed by atoms with E-state index in [1.54, 1.807) is 0 Å². The molecule has 0 atom stereocenters. The number of nitrogens with zero attached hydrogens (tertiary/aromatic N) is 4. The molecule has 0 aromatic heterocycles. The number of rotatable bonds is 11. The van der Waals surface area contributed by atoms with E-state index in [-0.39, 0.29) is 12.5 Å². The third-order valence-electron chi connectivity index (χ3n) is 4.08.